The first-order chi connectivity index (χ1) is 9.86. The predicted molar refractivity (Wildman–Crippen MR) is 80.1 cm³/mol. The largest absolute Gasteiger partial charge is 0.478 e. The molecule has 0 aliphatic heterocycles. The molecule has 2 N–H and O–H groups in total. The van der Waals surface area contributed by atoms with Gasteiger partial charge in [0.2, 0.25) is 0 Å². The van der Waals surface area contributed by atoms with Crippen LogP contribution in [-0.4, -0.2) is 22.0 Å². The van der Waals surface area contributed by atoms with E-state index in [-0.39, 0.29) is 16.6 Å². The minimum absolute atomic E-state index is 0.150. The van der Waals surface area contributed by atoms with Crippen LogP contribution in [0.5, 0.6) is 0 Å². The van der Waals surface area contributed by atoms with Gasteiger partial charge in [0.25, 0.3) is 5.91 Å². The number of hydrogen-bond acceptors (Lipinski definition) is 3. The molecule has 0 radical (unpaired) electrons. The molecule has 5 nitrogen and oxygen atoms in total. The lowest BCUT2D eigenvalue weighted by Crippen LogP contribution is -2.13. The molecule has 1 aromatic carbocycles. The highest BCUT2D eigenvalue weighted by Crippen LogP contribution is 2.17. The van der Waals surface area contributed by atoms with Crippen LogP contribution < -0.4 is 5.32 Å². The normalized spacial score (nSPS) is 10.2. The van der Waals surface area contributed by atoms with Crippen LogP contribution in [0.15, 0.2) is 30.3 Å². The fraction of sp³-hybridized carbons (Fsp3) is 0.133. The molecular formula is C15H13ClN2O3. The Hall–Kier alpha value is -2.40. The minimum atomic E-state index is -1.04. The highest BCUT2D eigenvalue weighted by molar-refractivity contribution is 6.29. The highest BCUT2D eigenvalue weighted by Gasteiger charge is 2.12. The molecule has 6 heteroatoms. The van der Waals surface area contributed by atoms with Crippen LogP contribution in [0.1, 0.15) is 32.0 Å². The van der Waals surface area contributed by atoms with Crippen molar-refractivity contribution in [2.75, 3.05) is 5.32 Å². The Morgan fingerprint density at radius 1 is 1.19 bits per heavy atom. The SMILES string of the molecule is Cc1cc(C(=O)Nc2ccc(C)c(C(=O)O)c2)cc(Cl)n1. The summed E-state index contributed by atoms with van der Waals surface area (Å²) in [5.74, 6) is -1.41. The second kappa shape index (κ2) is 5.93. The Kier molecular flexibility index (Phi) is 4.23. The van der Waals surface area contributed by atoms with Crippen LogP contribution in [0, 0.1) is 13.8 Å². The van der Waals surface area contributed by atoms with Gasteiger partial charge < -0.3 is 10.4 Å². The van der Waals surface area contributed by atoms with Gasteiger partial charge in [-0.15, -0.1) is 0 Å². The second-order valence-electron chi connectivity index (χ2n) is 4.61. The fourth-order valence-electron chi connectivity index (χ4n) is 1.89. The Labute approximate surface area is 126 Å². The van der Waals surface area contributed by atoms with Crippen LogP contribution in [0.2, 0.25) is 5.15 Å². The molecule has 0 fully saturated rings. The van der Waals surface area contributed by atoms with Crippen molar-refractivity contribution in [2.24, 2.45) is 0 Å². The van der Waals surface area contributed by atoms with Gasteiger partial charge in [-0.25, -0.2) is 9.78 Å². The van der Waals surface area contributed by atoms with Crippen molar-refractivity contribution in [3.8, 4) is 0 Å². The average Bonchev–Trinajstić information content (AvgIpc) is 2.39. The number of rotatable bonds is 3. The number of nitrogens with one attached hydrogen (secondary N) is 1. The van der Waals surface area contributed by atoms with Crippen LogP contribution in [0.3, 0.4) is 0 Å². The zero-order valence-corrected chi connectivity index (χ0v) is 12.2. The summed E-state index contributed by atoms with van der Waals surface area (Å²) >= 11 is 5.82. The molecule has 0 aliphatic rings. The summed E-state index contributed by atoms with van der Waals surface area (Å²) in [6.45, 7) is 3.43. The van der Waals surface area contributed by atoms with Gasteiger partial charge in [-0.1, -0.05) is 17.7 Å². The fourth-order valence-corrected chi connectivity index (χ4v) is 2.14. The third-order valence-electron chi connectivity index (χ3n) is 2.91. The standard InChI is InChI=1S/C15H13ClN2O3/c1-8-3-4-11(7-12(8)15(20)21)18-14(19)10-5-9(2)17-13(16)6-10/h3-7H,1-2H3,(H,18,19)(H,20,21). The van der Waals surface area contributed by atoms with E-state index in [4.69, 9.17) is 16.7 Å². The summed E-state index contributed by atoms with van der Waals surface area (Å²) < 4.78 is 0. The number of aryl methyl sites for hydroxylation is 2. The first-order valence-corrected chi connectivity index (χ1v) is 6.54. The summed E-state index contributed by atoms with van der Waals surface area (Å²) in [5, 5.41) is 12.0. The molecular weight excluding hydrogens is 292 g/mol. The topological polar surface area (TPSA) is 79.3 Å². The molecule has 1 amide bonds. The van der Waals surface area contributed by atoms with E-state index in [1.807, 2.05) is 0 Å². The molecule has 21 heavy (non-hydrogen) atoms. The smallest absolute Gasteiger partial charge is 0.336 e. The molecule has 108 valence electrons. The van der Waals surface area contributed by atoms with Crippen LogP contribution in [0.4, 0.5) is 5.69 Å². The van der Waals surface area contributed by atoms with Crippen LogP contribution in [0.25, 0.3) is 0 Å². The number of aromatic carboxylic acids is 1. The van der Waals surface area contributed by atoms with Gasteiger partial charge in [-0.2, -0.15) is 0 Å². The predicted octanol–water partition coefficient (Wildman–Crippen LogP) is 3.30. The van der Waals surface area contributed by atoms with E-state index in [0.29, 0.717) is 22.5 Å². The maximum Gasteiger partial charge on any atom is 0.336 e. The maximum atomic E-state index is 12.1. The van der Waals surface area contributed by atoms with E-state index in [0.717, 1.165) is 0 Å². The van der Waals surface area contributed by atoms with Gasteiger partial charge in [0, 0.05) is 16.9 Å². The molecule has 0 unspecified atom stereocenters. The van der Waals surface area contributed by atoms with Crippen molar-refractivity contribution in [1.82, 2.24) is 4.98 Å². The van der Waals surface area contributed by atoms with Crippen molar-refractivity contribution >= 4 is 29.2 Å². The van der Waals surface area contributed by atoms with Crippen molar-refractivity contribution in [2.45, 2.75) is 13.8 Å². The third kappa shape index (κ3) is 3.58. The molecule has 1 heterocycles. The van der Waals surface area contributed by atoms with E-state index in [9.17, 15) is 9.59 Å². The molecule has 2 rings (SSSR count). The van der Waals surface area contributed by atoms with Gasteiger partial charge in [-0.3, -0.25) is 4.79 Å². The van der Waals surface area contributed by atoms with Crippen LogP contribution in [-0.2, 0) is 0 Å². The number of nitrogens with zero attached hydrogens (tertiary/aromatic N) is 1. The summed E-state index contributed by atoms with van der Waals surface area (Å²) in [6.07, 6.45) is 0. The van der Waals surface area contributed by atoms with Gasteiger partial charge in [0.15, 0.2) is 0 Å². The van der Waals surface area contributed by atoms with Crippen molar-refractivity contribution in [1.29, 1.82) is 0 Å². The number of carbonyl (C=O) groups is 2. The van der Waals surface area contributed by atoms with Gasteiger partial charge >= 0.3 is 5.97 Å². The number of amides is 1. The molecule has 1 aromatic heterocycles. The lowest BCUT2D eigenvalue weighted by molar-refractivity contribution is 0.0695. The van der Waals surface area contributed by atoms with Crippen LogP contribution >= 0.6 is 11.6 Å². The molecule has 0 aliphatic carbocycles. The first kappa shape index (κ1) is 15.0. The monoisotopic (exact) mass is 304 g/mol. The Bertz CT molecular complexity index is 709. The number of halogens is 1. The van der Waals surface area contributed by atoms with Crippen molar-refractivity contribution in [3.05, 3.63) is 57.9 Å². The van der Waals surface area contributed by atoms with E-state index in [2.05, 4.69) is 10.3 Å². The Balaban J connectivity index is 2.27. The van der Waals surface area contributed by atoms with E-state index in [1.54, 1.807) is 32.0 Å². The summed E-state index contributed by atoms with van der Waals surface area (Å²) in [5.41, 5.74) is 2.18. The van der Waals surface area contributed by atoms with E-state index >= 15 is 0 Å². The summed E-state index contributed by atoms with van der Waals surface area (Å²) in [7, 11) is 0. The molecule has 0 atom stereocenters. The first-order valence-electron chi connectivity index (χ1n) is 6.16. The molecule has 0 bridgehead atoms. The molecule has 0 saturated carbocycles. The van der Waals surface area contributed by atoms with Crippen molar-refractivity contribution < 1.29 is 14.7 Å². The number of hydrogen-bond donors (Lipinski definition) is 2. The number of benzene rings is 1. The number of carboxylic acid groups (broad SMARTS) is 1. The zero-order chi connectivity index (χ0) is 15.6. The van der Waals surface area contributed by atoms with E-state index < -0.39 is 5.97 Å². The summed E-state index contributed by atoms with van der Waals surface area (Å²) in [4.78, 5) is 27.2. The summed E-state index contributed by atoms with van der Waals surface area (Å²) in [6, 6.07) is 7.77. The lowest BCUT2D eigenvalue weighted by Gasteiger charge is -2.08. The number of anilines is 1. The Morgan fingerprint density at radius 2 is 1.90 bits per heavy atom. The molecule has 2 aromatic rings. The number of aromatic nitrogens is 1. The molecule has 0 saturated heterocycles. The average molecular weight is 305 g/mol. The third-order valence-corrected chi connectivity index (χ3v) is 3.10. The number of carbonyl (C=O) groups excluding carboxylic acids is 1. The quantitative estimate of drug-likeness (QED) is 0.853. The maximum absolute atomic E-state index is 12.1. The van der Waals surface area contributed by atoms with Gasteiger partial charge in [-0.05, 0) is 43.7 Å². The lowest BCUT2D eigenvalue weighted by atomic mass is 10.1. The number of pyridine rings is 1. The second-order valence-corrected chi connectivity index (χ2v) is 5.00. The minimum Gasteiger partial charge on any atom is -0.478 e. The molecule has 0 spiro atoms. The zero-order valence-electron chi connectivity index (χ0n) is 11.5. The van der Waals surface area contributed by atoms with Gasteiger partial charge in [0.05, 0.1) is 5.56 Å². The van der Waals surface area contributed by atoms with E-state index in [1.165, 1.54) is 12.1 Å². The van der Waals surface area contributed by atoms with Crippen molar-refractivity contribution in [3.63, 3.8) is 0 Å². The van der Waals surface area contributed by atoms with Gasteiger partial charge in [0.1, 0.15) is 5.15 Å². The Morgan fingerprint density at radius 3 is 2.52 bits per heavy atom. The highest BCUT2D eigenvalue weighted by atomic mass is 35.5. The number of carboxylic acids is 1.